The SMILES string of the molecule is Nc1ccc(CCl)cc1.O=C(O)CC1c2ccccc2-c2ccccc21. The number of nitrogen functional groups attached to an aromatic ring is 1. The topological polar surface area (TPSA) is 63.3 Å². The van der Waals surface area contributed by atoms with E-state index >= 15 is 0 Å². The molecule has 0 radical (unpaired) electrons. The van der Waals surface area contributed by atoms with Crippen LogP contribution < -0.4 is 5.73 Å². The third-order valence-electron chi connectivity index (χ3n) is 4.48. The Balaban J connectivity index is 0.000000185. The average molecular weight is 366 g/mol. The van der Waals surface area contributed by atoms with E-state index in [1.54, 1.807) is 0 Å². The van der Waals surface area contributed by atoms with E-state index in [0.29, 0.717) is 5.88 Å². The molecule has 0 fully saturated rings. The number of rotatable bonds is 3. The highest BCUT2D eigenvalue weighted by molar-refractivity contribution is 6.17. The minimum absolute atomic E-state index is 0.0000926. The zero-order valence-electron chi connectivity index (χ0n) is 14.2. The first kappa shape index (κ1) is 18.0. The smallest absolute Gasteiger partial charge is 0.304 e. The lowest BCUT2D eigenvalue weighted by atomic mass is 9.94. The number of carbonyl (C=O) groups is 1. The molecule has 0 aliphatic heterocycles. The molecule has 3 aromatic rings. The fourth-order valence-electron chi connectivity index (χ4n) is 3.26. The first-order valence-electron chi connectivity index (χ1n) is 8.40. The van der Waals surface area contributed by atoms with Crippen molar-refractivity contribution in [1.82, 2.24) is 0 Å². The standard InChI is InChI=1S/C15H12O2.C7H8ClN/c16-15(17)9-14-12-7-3-1-5-10(12)11-6-2-4-8-13(11)14;8-5-6-1-3-7(9)4-2-6/h1-8,14H,9H2,(H,16,17);1-4H,5,9H2. The summed E-state index contributed by atoms with van der Waals surface area (Å²) in [6.45, 7) is 0. The lowest BCUT2D eigenvalue weighted by Gasteiger charge is -2.10. The predicted molar refractivity (Wildman–Crippen MR) is 106 cm³/mol. The molecule has 3 aromatic carbocycles. The Hall–Kier alpha value is -2.78. The summed E-state index contributed by atoms with van der Waals surface area (Å²) in [7, 11) is 0. The van der Waals surface area contributed by atoms with Crippen molar-refractivity contribution in [3.8, 4) is 11.1 Å². The number of alkyl halides is 1. The fraction of sp³-hybridized carbons (Fsp3) is 0.136. The molecular formula is C22H20ClNO2. The Morgan fingerprint density at radius 1 is 0.885 bits per heavy atom. The van der Waals surface area contributed by atoms with E-state index in [-0.39, 0.29) is 12.3 Å². The van der Waals surface area contributed by atoms with Crippen molar-refractivity contribution < 1.29 is 9.90 Å². The maximum atomic E-state index is 11.0. The van der Waals surface area contributed by atoms with Crippen molar-refractivity contribution >= 4 is 23.3 Å². The molecule has 3 N–H and O–H groups in total. The van der Waals surface area contributed by atoms with Crippen molar-refractivity contribution in [1.29, 1.82) is 0 Å². The normalized spacial score (nSPS) is 11.9. The molecule has 0 heterocycles. The van der Waals surface area contributed by atoms with E-state index in [0.717, 1.165) is 22.4 Å². The van der Waals surface area contributed by atoms with Gasteiger partial charge in [-0.3, -0.25) is 4.79 Å². The van der Waals surface area contributed by atoms with Gasteiger partial charge in [0.2, 0.25) is 0 Å². The van der Waals surface area contributed by atoms with Crippen molar-refractivity contribution in [2.45, 2.75) is 18.2 Å². The molecule has 26 heavy (non-hydrogen) atoms. The van der Waals surface area contributed by atoms with E-state index in [9.17, 15) is 4.79 Å². The summed E-state index contributed by atoms with van der Waals surface area (Å²) in [6, 6.07) is 23.7. The number of benzene rings is 3. The molecule has 1 aliphatic carbocycles. The molecule has 0 unspecified atom stereocenters. The van der Waals surface area contributed by atoms with Crippen molar-refractivity contribution in [2.24, 2.45) is 0 Å². The highest BCUT2D eigenvalue weighted by Crippen LogP contribution is 2.45. The molecule has 1 aliphatic rings. The van der Waals surface area contributed by atoms with Crippen molar-refractivity contribution in [3.63, 3.8) is 0 Å². The quantitative estimate of drug-likeness (QED) is 0.490. The summed E-state index contributed by atoms with van der Waals surface area (Å²) in [4.78, 5) is 11.0. The lowest BCUT2D eigenvalue weighted by molar-refractivity contribution is -0.137. The van der Waals surface area contributed by atoms with Gasteiger partial charge in [0.15, 0.2) is 0 Å². The molecule has 0 aromatic heterocycles. The van der Waals surface area contributed by atoms with Crippen molar-refractivity contribution in [2.75, 3.05) is 5.73 Å². The molecule has 3 nitrogen and oxygen atoms in total. The first-order chi connectivity index (χ1) is 12.6. The Morgan fingerprint density at radius 3 is 1.85 bits per heavy atom. The second-order valence-electron chi connectivity index (χ2n) is 6.20. The summed E-state index contributed by atoms with van der Waals surface area (Å²) in [5.74, 6) is -0.193. The lowest BCUT2D eigenvalue weighted by Crippen LogP contribution is -2.04. The van der Waals surface area contributed by atoms with Gasteiger partial charge in [0.1, 0.15) is 0 Å². The number of aliphatic carboxylic acids is 1. The molecule has 0 amide bonds. The van der Waals surface area contributed by atoms with E-state index in [1.165, 1.54) is 11.1 Å². The van der Waals surface area contributed by atoms with E-state index in [2.05, 4.69) is 12.1 Å². The molecule has 0 saturated heterocycles. The van der Waals surface area contributed by atoms with Gasteiger partial charge in [-0.1, -0.05) is 60.7 Å². The van der Waals surface area contributed by atoms with Crippen LogP contribution >= 0.6 is 11.6 Å². The third kappa shape index (κ3) is 3.89. The highest BCUT2D eigenvalue weighted by atomic mass is 35.5. The summed E-state index contributed by atoms with van der Waals surface area (Å²) >= 11 is 5.54. The summed E-state index contributed by atoms with van der Waals surface area (Å²) in [5, 5.41) is 9.03. The van der Waals surface area contributed by atoms with Gasteiger partial charge in [-0.15, -0.1) is 11.6 Å². The van der Waals surface area contributed by atoms with Crippen LogP contribution in [0, 0.1) is 0 Å². The van der Waals surface area contributed by atoms with Crippen LogP contribution in [0.2, 0.25) is 0 Å². The summed E-state index contributed by atoms with van der Waals surface area (Å²) in [6.07, 6.45) is 0.161. The molecule has 4 rings (SSSR count). The number of carboxylic acid groups (broad SMARTS) is 1. The molecule has 132 valence electrons. The highest BCUT2D eigenvalue weighted by Gasteiger charge is 2.29. The van der Waals surface area contributed by atoms with Crippen LogP contribution in [0.4, 0.5) is 5.69 Å². The molecular weight excluding hydrogens is 346 g/mol. The largest absolute Gasteiger partial charge is 0.481 e. The summed E-state index contributed by atoms with van der Waals surface area (Å²) < 4.78 is 0. The van der Waals surface area contributed by atoms with Crippen LogP contribution in [0.25, 0.3) is 11.1 Å². The second-order valence-corrected chi connectivity index (χ2v) is 6.47. The summed E-state index contributed by atoms with van der Waals surface area (Å²) in [5.41, 5.74) is 11.9. The Bertz CT molecular complexity index is 861. The third-order valence-corrected chi connectivity index (χ3v) is 4.78. The van der Waals surface area contributed by atoms with Gasteiger partial charge in [-0.2, -0.15) is 0 Å². The number of nitrogens with two attached hydrogens (primary N) is 1. The van der Waals surface area contributed by atoms with Gasteiger partial charge in [0.05, 0.1) is 6.42 Å². The van der Waals surface area contributed by atoms with Crippen LogP contribution in [-0.2, 0) is 10.7 Å². The Kier molecular flexibility index (Phi) is 5.59. The van der Waals surface area contributed by atoms with Crippen LogP contribution in [-0.4, -0.2) is 11.1 Å². The Labute approximate surface area is 158 Å². The van der Waals surface area contributed by atoms with Crippen LogP contribution in [0.15, 0.2) is 72.8 Å². The fourth-order valence-corrected chi connectivity index (χ4v) is 3.44. The van der Waals surface area contributed by atoms with Gasteiger partial charge >= 0.3 is 5.97 Å². The zero-order valence-corrected chi connectivity index (χ0v) is 15.0. The van der Waals surface area contributed by atoms with Gasteiger partial charge in [-0.25, -0.2) is 0 Å². The number of carboxylic acids is 1. The number of halogens is 1. The van der Waals surface area contributed by atoms with Gasteiger partial charge in [0.25, 0.3) is 0 Å². The van der Waals surface area contributed by atoms with E-state index < -0.39 is 5.97 Å². The monoisotopic (exact) mass is 365 g/mol. The van der Waals surface area contributed by atoms with E-state index in [1.807, 2.05) is 60.7 Å². The minimum Gasteiger partial charge on any atom is -0.481 e. The number of anilines is 1. The number of hydrogen-bond acceptors (Lipinski definition) is 2. The number of fused-ring (bicyclic) bond motifs is 3. The molecule has 0 atom stereocenters. The second kappa shape index (κ2) is 8.07. The molecule has 4 heteroatoms. The first-order valence-corrected chi connectivity index (χ1v) is 8.94. The maximum Gasteiger partial charge on any atom is 0.304 e. The van der Waals surface area contributed by atoms with Gasteiger partial charge in [-0.05, 0) is 39.9 Å². The minimum atomic E-state index is -0.749. The predicted octanol–water partition coefficient (Wildman–Crippen LogP) is 5.28. The van der Waals surface area contributed by atoms with E-state index in [4.69, 9.17) is 22.4 Å². The van der Waals surface area contributed by atoms with Gasteiger partial charge < -0.3 is 10.8 Å². The van der Waals surface area contributed by atoms with Gasteiger partial charge in [0, 0.05) is 17.5 Å². The molecule has 0 spiro atoms. The van der Waals surface area contributed by atoms with Crippen LogP contribution in [0.3, 0.4) is 0 Å². The number of hydrogen-bond donors (Lipinski definition) is 2. The van der Waals surface area contributed by atoms with Crippen molar-refractivity contribution in [3.05, 3.63) is 89.5 Å². The Morgan fingerprint density at radius 2 is 1.38 bits per heavy atom. The zero-order chi connectivity index (χ0) is 18.5. The molecule has 0 saturated carbocycles. The molecule has 0 bridgehead atoms. The average Bonchev–Trinajstić information content (AvgIpc) is 2.97. The van der Waals surface area contributed by atoms with Crippen LogP contribution in [0.5, 0.6) is 0 Å². The van der Waals surface area contributed by atoms with Crippen LogP contribution in [0.1, 0.15) is 29.0 Å². The maximum absolute atomic E-state index is 11.0.